The maximum atomic E-state index is 13.0. The number of hydrogen-bond acceptors (Lipinski definition) is 3. The van der Waals surface area contributed by atoms with Gasteiger partial charge in [-0.2, -0.15) is 0 Å². The number of halogens is 1. The zero-order chi connectivity index (χ0) is 9.42. The summed E-state index contributed by atoms with van der Waals surface area (Å²) in [5.74, 6) is -2.36. The number of hydrogen-bond donors (Lipinski definition) is 1. The van der Waals surface area contributed by atoms with Gasteiger partial charge in [-0.3, -0.25) is 0 Å². The van der Waals surface area contributed by atoms with Crippen molar-refractivity contribution >= 4 is 17.0 Å². The van der Waals surface area contributed by atoms with Crippen LogP contribution < -0.4 is 5.11 Å². The first kappa shape index (κ1) is 7.72. The van der Waals surface area contributed by atoms with E-state index in [1.54, 1.807) is 0 Å². The van der Waals surface area contributed by atoms with Gasteiger partial charge in [-0.1, -0.05) is 6.07 Å². The second-order valence-corrected chi connectivity index (χ2v) is 2.51. The van der Waals surface area contributed by atoms with Crippen molar-refractivity contribution in [2.45, 2.75) is 0 Å². The van der Waals surface area contributed by atoms with Crippen LogP contribution in [0.15, 0.2) is 18.2 Å². The third kappa shape index (κ3) is 1.14. The van der Waals surface area contributed by atoms with Crippen molar-refractivity contribution < 1.29 is 14.3 Å². The highest BCUT2D eigenvalue weighted by Gasteiger charge is 2.06. The summed E-state index contributed by atoms with van der Waals surface area (Å²) in [5.41, 5.74) is 0.362. The van der Waals surface area contributed by atoms with E-state index >= 15 is 0 Å². The molecule has 2 rings (SSSR count). The number of nitrogens with zero attached hydrogens (tertiary/aromatic N) is 1. The number of aromatic nitrogens is 2. The van der Waals surface area contributed by atoms with Crippen LogP contribution in [0.5, 0.6) is 0 Å². The Morgan fingerprint density at radius 1 is 1.54 bits per heavy atom. The van der Waals surface area contributed by atoms with Crippen LogP contribution in [0.2, 0.25) is 0 Å². The van der Waals surface area contributed by atoms with E-state index in [2.05, 4.69) is 9.97 Å². The SMILES string of the molecule is O=C([O-])c1nc2c(F)cccc2[nH]1. The Labute approximate surface area is 72.0 Å². The van der Waals surface area contributed by atoms with Crippen LogP contribution in [-0.4, -0.2) is 15.9 Å². The minimum absolute atomic E-state index is 0.0155. The second-order valence-electron chi connectivity index (χ2n) is 2.51. The van der Waals surface area contributed by atoms with E-state index in [1.165, 1.54) is 18.2 Å². The molecule has 1 heterocycles. The third-order valence-corrected chi connectivity index (χ3v) is 1.66. The summed E-state index contributed by atoms with van der Waals surface area (Å²) in [5, 5.41) is 10.4. The molecule has 0 saturated heterocycles. The summed E-state index contributed by atoms with van der Waals surface area (Å²) < 4.78 is 13.0. The van der Waals surface area contributed by atoms with Gasteiger partial charge < -0.3 is 14.9 Å². The Kier molecular flexibility index (Phi) is 1.51. The minimum atomic E-state index is -1.45. The molecule has 0 unspecified atom stereocenters. The molecule has 0 fully saturated rings. The molecular weight excluding hydrogens is 175 g/mol. The second kappa shape index (κ2) is 2.55. The molecule has 5 heteroatoms. The molecule has 1 aromatic heterocycles. The lowest BCUT2D eigenvalue weighted by atomic mass is 10.3. The zero-order valence-electron chi connectivity index (χ0n) is 6.37. The number of fused-ring (bicyclic) bond motifs is 1. The van der Waals surface area contributed by atoms with E-state index in [0.717, 1.165) is 0 Å². The van der Waals surface area contributed by atoms with Gasteiger partial charge in [0.05, 0.1) is 5.52 Å². The molecule has 0 aliphatic heterocycles. The summed E-state index contributed by atoms with van der Waals surface area (Å²) in [4.78, 5) is 16.3. The molecule has 0 aliphatic carbocycles. The van der Waals surface area contributed by atoms with Gasteiger partial charge in [0.15, 0.2) is 11.6 Å². The largest absolute Gasteiger partial charge is 0.542 e. The van der Waals surface area contributed by atoms with E-state index in [-0.39, 0.29) is 11.3 Å². The first-order valence-electron chi connectivity index (χ1n) is 3.54. The van der Waals surface area contributed by atoms with Crippen molar-refractivity contribution in [2.24, 2.45) is 0 Å². The quantitative estimate of drug-likeness (QED) is 0.673. The summed E-state index contributed by atoms with van der Waals surface area (Å²) >= 11 is 0. The Morgan fingerprint density at radius 3 is 2.92 bits per heavy atom. The van der Waals surface area contributed by atoms with Crippen molar-refractivity contribution in [1.82, 2.24) is 9.97 Å². The number of aromatic amines is 1. The average molecular weight is 179 g/mol. The standard InChI is InChI=1S/C8H5FN2O2/c9-4-2-1-3-5-6(4)11-7(10-5)8(12)13/h1-3H,(H,10,11)(H,12,13)/p-1. The van der Waals surface area contributed by atoms with E-state index < -0.39 is 11.8 Å². The molecule has 1 N–H and O–H groups in total. The lowest BCUT2D eigenvalue weighted by molar-refractivity contribution is -0.255. The molecule has 1 aromatic carbocycles. The summed E-state index contributed by atoms with van der Waals surface area (Å²) in [6.45, 7) is 0. The van der Waals surface area contributed by atoms with Crippen LogP contribution in [0.25, 0.3) is 11.0 Å². The number of carbonyl (C=O) groups excluding carboxylic acids is 1. The van der Waals surface area contributed by atoms with E-state index in [0.29, 0.717) is 5.52 Å². The third-order valence-electron chi connectivity index (χ3n) is 1.66. The maximum Gasteiger partial charge on any atom is 0.154 e. The fourth-order valence-electron chi connectivity index (χ4n) is 1.09. The highest BCUT2D eigenvalue weighted by Crippen LogP contribution is 2.14. The number of para-hydroxylation sites is 1. The molecule has 4 nitrogen and oxygen atoms in total. The number of H-pyrrole nitrogens is 1. The van der Waals surface area contributed by atoms with Crippen LogP contribution in [0.4, 0.5) is 4.39 Å². The summed E-state index contributed by atoms with van der Waals surface area (Å²) in [6, 6.07) is 4.22. The molecular formula is C8H4FN2O2-. The lowest BCUT2D eigenvalue weighted by Crippen LogP contribution is -2.23. The number of carboxylic acid groups (broad SMARTS) is 1. The van der Waals surface area contributed by atoms with Crippen molar-refractivity contribution in [3.63, 3.8) is 0 Å². The Morgan fingerprint density at radius 2 is 2.31 bits per heavy atom. The monoisotopic (exact) mass is 179 g/mol. The summed E-state index contributed by atoms with van der Waals surface area (Å²) in [6.07, 6.45) is 0. The lowest BCUT2D eigenvalue weighted by Gasteiger charge is -1.91. The van der Waals surface area contributed by atoms with Gasteiger partial charge in [0.25, 0.3) is 0 Å². The number of rotatable bonds is 1. The van der Waals surface area contributed by atoms with Gasteiger partial charge in [-0.25, -0.2) is 9.37 Å². The van der Waals surface area contributed by atoms with Gasteiger partial charge >= 0.3 is 0 Å². The molecule has 0 radical (unpaired) electrons. The fourth-order valence-corrected chi connectivity index (χ4v) is 1.09. The number of aromatic carboxylic acids is 1. The molecule has 0 amide bonds. The fraction of sp³-hybridized carbons (Fsp3) is 0. The molecule has 0 aliphatic rings. The Hall–Kier alpha value is -1.91. The topological polar surface area (TPSA) is 68.8 Å². The number of nitrogens with one attached hydrogen (secondary N) is 1. The van der Waals surface area contributed by atoms with E-state index in [9.17, 15) is 14.3 Å². The van der Waals surface area contributed by atoms with Crippen molar-refractivity contribution in [2.75, 3.05) is 0 Å². The van der Waals surface area contributed by atoms with Crippen LogP contribution in [0, 0.1) is 5.82 Å². The smallest absolute Gasteiger partial charge is 0.154 e. The highest BCUT2D eigenvalue weighted by atomic mass is 19.1. The van der Waals surface area contributed by atoms with Gasteiger partial charge in [0, 0.05) is 0 Å². The van der Waals surface area contributed by atoms with Crippen molar-refractivity contribution in [3.05, 3.63) is 29.8 Å². The first-order chi connectivity index (χ1) is 6.18. The first-order valence-corrected chi connectivity index (χ1v) is 3.54. The molecule has 2 aromatic rings. The predicted molar refractivity (Wildman–Crippen MR) is 40.4 cm³/mol. The van der Waals surface area contributed by atoms with Crippen LogP contribution in [0.1, 0.15) is 10.6 Å². The Bertz CT molecular complexity index is 478. The van der Waals surface area contributed by atoms with Crippen molar-refractivity contribution in [1.29, 1.82) is 0 Å². The Balaban J connectivity index is 2.75. The molecule has 0 bridgehead atoms. The van der Waals surface area contributed by atoms with Gasteiger partial charge in [0.2, 0.25) is 0 Å². The van der Waals surface area contributed by atoms with Crippen LogP contribution in [0.3, 0.4) is 0 Å². The summed E-state index contributed by atoms with van der Waals surface area (Å²) in [7, 11) is 0. The van der Waals surface area contributed by atoms with Crippen molar-refractivity contribution in [3.8, 4) is 0 Å². The highest BCUT2D eigenvalue weighted by molar-refractivity contribution is 5.87. The van der Waals surface area contributed by atoms with E-state index in [4.69, 9.17) is 0 Å². The molecule has 0 atom stereocenters. The van der Waals surface area contributed by atoms with Crippen LogP contribution >= 0.6 is 0 Å². The average Bonchev–Trinajstić information content (AvgIpc) is 2.49. The number of imidazole rings is 1. The molecule has 66 valence electrons. The van der Waals surface area contributed by atoms with Gasteiger partial charge in [-0.15, -0.1) is 0 Å². The number of carboxylic acids is 1. The van der Waals surface area contributed by atoms with E-state index in [1.807, 2.05) is 0 Å². The zero-order valence-corrected chi connectivity index (χ0v) is 6.37. The maximum absolute atomic E-state index is 13.0. The number of carbonyl (C=O) groups is 1. The molecule has 0 saturated carbocycles. The van der Waals surface area contributed by atoms with Gasteiger partial charge in [0.1, 0.15) is 11.5 Å². The molecule has 13 heavy (non-hydrogen) atoms. The normalized spacial score (nSPS) is 10.5. The predicted octanol–water partition coefficient (Wildman–Crippen LogP) is 0.0655. The molecule has 0 spiro atoms. The minimum Gasteiger partial charge on any atom is -0.542 e. The van der Waals surface area contributed by atoms with Crippen LogP contribution in [-0.2, 0) is 0 Å². The number of benzene rings is 1. The van der Waals surface area contributed by atoms with Gasteiger partial charge in [-0.05, 0) is 12.1 Å².